The Hall–Kier alpha value is -0.840. The van der Waals surface area contributed by atoms with E-state index in [4.69, 9.17) is 0 Å². The van der Waals surface area contributed by atoms with E-state index in [1.807, 2.05) is 13.0 Å². The van der Waals surface area contributed by atoms with Crippen molar-refractivity contribution in [1.82, 2.24) is 10.3 Å². The van der Waals surface area contributed by atoms with Crippen LogP contribution in [-0.2, 0) is 4.79 Å². The first kappa shape index (κ1) is 17.2. The van der Waals surface area contributed by atoms with E-state index in [9.17, 15) is 4.79 Å². The second-order valence-corrected chi connectivity index (χ2v) is 4.18. The summed E-state index contributed by atoms with van der Waals surface area (Å²) in [6, 6.07) is 1.84. The third-order valence-corrected chi connectivity index (χ3v) is 2.92. The summed E-state index contributed by atoms with van der Waals surface area (Å²) < 4.78 is 0. The molecule has 6 heteroatoms. The minimum Gasteiger partial charge on any atom is -0.323 e. The maximum atomic E-state index is 11.9. The van der Waals surface area contributed by atoms with Gasteiger partial charge < -0.3 is 10.6 Å². The van der Waals surface area contributed by atoms with Gasteiger partial charge in [-0.2, -0.15) is 0 Å². The second kappa shape index (κ2) is 8.29. The van der Waals surface area contributed by atoms with Crippen molar-refractivity contribution in [3.63, 3.8) is 0 Å². The standard InChI is InChI=1S/C12H17N3O.2ClH/c1-9-5-7-13-8-11(9)15-12(16)10-4-2-3-6-14-10;;/h5,7-8,10,14H,2-4,6H2,1H3,(H,15,16);2*1H/t10-;;/m1../s1. The fraction of sp³-hybridized carbons (Fsp3) is 0.500. The molecule has 0 unspecified atom stereocenters. The fourth-order valence-electron chi connectivity index (χ4n) is 1.89. The number of halogens is 2. The number of aryl methyl sites for hydroxylation is 1. The van der Waals surface area contributed by atoms with Crippen molar-refractivity contribution in [2.45, 2.75) is 32.2 Å². The van der Waals surface area contributed by atoms with Gasteiger partial charge in [0.05, 0.1) is 17.9 Å². The number of amides is 1. The first-order chi connectivity index (χ1) is 7.77. The summed E-state index contributed by atoms with van der Waals surface area (Å²) in [4.78, 5) is 15.9. The van der Waals surface area contributed by atoms with E-state index in [0.717, 1.165) is 37.1 Å². The van der Waals surface area contributed by atoms with Gasteiger partial charge in [-0.1, -0.05) is 6.42 Å². The molecule has 1 aromatic rings. The second-order valence-electron chi connectivity index (χ2n) is 4.18. The molecule has 0 radical (unpaired) electrons. The number of carbonyl (C=O) groups excluding carboxylic acids is 1. The van der Waals surface area contributed by atoms with E-state index in [1.165, 1.54) is 0 Å². The lowest BCUT2D eigenvalue weighted by Crippen LogP contribution is -2.43. The number of anilines is 1. The first-order valence-electron chi connectivity index (χ1n) is 5.72. The number of hydrogen-bond donors (Lipinski definition) is 2. The van der Waals surface area contributed by atoms with Crippen LogP contribution in [0.5, 0.6) is 0 Å². The van der Waals surface area contributed by atoms with E-state index in [0.29, 0.717) is 0 Å². The van der Waals surface area contributed by atoms with E-state index in [1.54, 1.807) is 12.4 Å². The largest absolute Gasteiger partial charge is 0.323 e. The van der Waals surface area contributed by atoms with Crippen LogP contribution in [0.15, 0.2) is 18.5 Å². The van der Waals surface area contributed by atoms with E-state index in [2.05, 4.69) is 15.6 Å². The molecule has 1 aliphatic heterocycles. The topological polar surface area (TPSA) is 54.0 Å². The van der Waals surface area contributed by atoms with Crippen LogP contribution in [0, 0.1) is 6.92 Å². The summed E-state index contributed by atoms with van der Waals surface area (Å²) >= 11 is 0. The summed E-state index contributed by atoms with van der Waals surface area (Å²) in [6.45, 7) is 2.90. The molecule has 1 fully saturated rings. The van der Waals surface area contributed by atoms with Gasteiger partial charge in [-0.15, -0.1) is 24.8 Å². The minimum absolute atomic E-state index is 0. The molecule has 2 rings (SSSR count). The molecule has 0 saturated carbocycles. The summed E-state index contributed by atoms with van der Waals surface area (Å²) in [6.07, 6.45) is 6.62. The van der Waals surface area contributed by atoms with Crippen molar-refractivity contribution >= 4 is 36.4 Å². The van der Waals surface area contributed by atoms with Gasteiger partial charge in [0.2, 0.25) is 5.91 Å². The van der Waals surface area contributed by atoms with Crippen LogP contribution in [-0.4, -0.2) is 23.5 Å². The zero-order valence-electron chi connectivity index (χ0n) is 10.3. The maximum Gasteiger partial charge on any atom is 0.241 e. The Labute approximate surface area is 120 Å². The average Bonchev–Trinajstić information content (AvgIpc) is 2.33. The van der Waals surface area contributed by atoms with Crippen LogP contribution in [0.4, 0.5) is 5.69 Å². The van der Waals surface area contributed by atoms with E-state index >= 15 is 0 Å². The Morgan fingerprint density at radius 1 is 1.44 bits per heavy atom. The van der Waals surface area contributed by atoms with Crippen molar-refractivity contribution in [3.8, 4) is 0 Å². The molecule has 1 aliphatic rings. The lowest BCUT2D eigenvalue weighted by molar-refractivity contribution is -0.118. The molecule has 1 saturated heterocycles. The normalized spacial score (nSPS) is 18.2. The summed E-state index contributed by atoms with van der Waals surface area (Å²) in [7, 11) is 0. The lowest BCUT2D eigenvalue weighted by Gasteiger charge is -2.22. The van der Waals surface area contributed by atoms with Gasteiger partial charge in [0, 0.05) is 6.20 Å². The number of aromatic nitrogens is 1. The molecule has 2 N–H and O–H groups in total. The molecular weight excluding hydrogens is 273 g/mol. The number of nitrogens with zero attached hydrogens (tertiary/aromatic N) is 1. The third-order valence-electron chi connectivity index (χ3n) is 2.92. The molecule has 102 valence electrons. The van der Waals surface area contributed by atoms with Crippen molar-refractivity contribution < 1.29 is 4.79 Å². The molecule has 18 heavy (non-hydrogen) atoms. The summed E-state index contributed by atoms with van der Waals surface area (Å²) in [5, 5.41) is 6.14. The number of carbonyl (C=O) groups is 1. The molecule has 1 aromatic heterocycles. The van der Waals surface area contributed by atoms with Gasteiger partial charge in [0.25, 0.3) is 0 Å². The first-order valence-corrected chi connectivity index (χ1v) is 5.72. The molecular formula is C12H19Cl2N3O. The predicted molar refractivity (Wildman–Crippen MR) is 77.7 cm³/mol. The van der Waals surface area contributed by atoms with Crippen molar-refractivity contribution in [2.24, 2.45) is 0 Å². The Bertz CT molecular complexity index is 381. The minimum atomic E-state index is -0.0478. The molecule has 0 bridgehead atoms. The van der Waals surface area contributed by atoms with Crippen LogP contribution in [0.3, 0.4) is 0 Å². The average molecular weight is 292 g/mol. The number of pyridine rings is 1. The summed E-state index contributed by atoms with van der Waals surface area (Å²) in [5.74, 6) is 0.0517. The molecule has 4 nitrogen and oxygen atoms in total. The Morgan fingerprint density at radius 3 is 2.83 bits per heavy atom. The maximum absolute atomic E-state index is 11.9. The van der Waals surface area contributed by atoms with Crippen molar-refractivity contribution in [3.05, 3.63) is 24.0 Å². The van der Waals surface area contributed by atoms with Gasteiger partial charge in [0.1, 0.15) is 0 Å². The van der Waals surface area contributed by atoms with Crippen LogP contribution in [0.2, 0.25) is 0 Å². The summed E-state index contributed by atoms with van der Waals surface area (Å²) in [5.41, 5.74) is 1.85. The van der Waals surface area contributed by atoms with Gasteiger partial charge in [0.15, 0.2) is 0 Å². The van der Waals surface area contributed by atoms with Gasteiger partial charge in [-0.3, -0.25) is 9.78 Å². The molecule has 1 amide bonds. The molecule has 2 heterocycles. The van der Waals surface area contributed by atoms with Gasteiger partial charge >= 0.3 is 0 Å². The van der Waals surface area contributed by atoms with Gasteiger partial charge in [-0.25, -0.2) is 0 Å². The zero-order valence-corrected chi connectivity index (χ0v) is 11.9. The zero-order chi connectivity index (χ0) is 11.4. The molecule has 0 aliphatic carbocycles. The van der Waals surface area contributed by atoms with E-state index < -0.39 is 0 Å². The van der Waals surface area contributed by atoms with Crippen molar-refractivity contribution in [2.75, 3.05) is 11.9 Å². The number of piperidine rings is 1. The number of nitrogens with one attached hydrogen (secondary N) is 2. The number of rotatable bonds is 2. The monoisotopic (exact) mass is 291 g/mol. The Balaban J connectivity index is 0.00000144. The Kier molecular flexibility index (Phi) is 7.91. The van der Waals surface area contributed by atoms with E-state index in [-0.39, 0.29) is 36.8 Å². The Morgan fingerprint density at radius 2 is 2.22 bits per heavy atom. The molecule has 0 aromatic carbocycles. The van der Waals surface area contributed by atoms with Gasteiger partial charge in [-0.05, 0) is 37.9 Å². The van der Waals surface area contributed by atoms with Crippen LogP contribution >= 0.6 is 24.8 Å². The smallest absolute Gasteiger partial charge is 0.241 e. The highest BCUT2D eigenvalue weighted by atomic mass is 35.5. The third kappa shape index (κ3) is 4.44. The lowest BCUT2D eigenvalue weighted by atomic mass is 10.0. The van der Waals surface area contributed by atoms with Crippen LogP contribution in [0.1, 0.15) is 24.8 Å². The fourth-order valence-corrected chi connectivity index (χ4v) is 1.89. The highest BCUT2D eigenvalue weighted by Crippen LogP contribution is 2.14. The SMILES string of the molecule is Cc1ccncc1NC(=O)[C@H]1CCCCN1.Cl.Cl. The molecule has 0 spiro atoms. The highest BCUT2D eigenvalue weighted by Gasteiger charge is 2.20. The van der Waals surface area contributed by atoms with Crippen molar-refractivity contribution in [1.29, 1.82) is 0 Å². The molecule has 1 atom stereocenters. The highest BCUT2D eigenvalue weighted by molar-refractivity contribution is 5.95. The quantitative estimate of drug-likeness (QED) is 0.879. The number of hydrogen-bond acceptors (Lipinski definition) is 3. The predicted octanol–water partition coefficient (Wildman–Crippen LogP) is 2.31. The van der Waals surface area contributed by atoms with Crippen LogP contribution in [0.25, 0.3) is 0 Å². The van der Waals surface area contributed by atoms with Crippen LogP contribution < -0.4 is 10.6 Å².